The number of benzene rings is 1. The predicted molar refractivity (Wildman–Crippen MR) is 88.3 cm³/mol. The Bertz CT molecular complexity index is 658. The van der Waals surface area contributed by atoms with Gasteiger partial charge in [-0.05, 0) is 38.3 Å². The van der Waals surface area contributed by atoms with Crippen LogP contribution < -0.4 is 4.74 Å². The van der Waals surface area contributed by atoms with E-state index in [-0.39, 0.29) is 36.6 Å². The van der Waals surface area contributed by atoms with Crippen molar-refractivity contribution in [1.29, 1.82) is 0 Å². The molecule has 128 valence electrons. The minimum Gasteiger partial charge on any atom is -0.426 e. The summed E-state index contributed by atoms with van der Waals surface area (Å²) in [6.45, 7) is 3.98. The first kappa shape index (κ1) is 16.7. The molecule has 0 radical (unpaired) electrons. The van der Waals surface area contributed by atoms with Crippen LogP contribution in [0.5, 0.6) is 5.75 Å². The molecular formula is C19H23NO4. The molecule has 0 N–H and O–H groups in total. The van der Waals surface area contributed by atoms with Crippen LogP contribution in [0.25, 0.3) is 0 Å². The average Bonchev–Trinajstić information content (AvgIpc) is 2.80. The summed E-state index contributed by atoms with van der Waals surface area (Å²) < 4.78 is 5.36. The van der Waals surface area contributed by atoms with E-state index in [0.717, 1.165) is 36.8 Å². The summed E-state index contributed by atoms with van der Waals surface area (Å²) in [4.78, 5) is 38.1. The van der Waals surface area contributed by atoms with E-state index < -0.39 is 5.97 Å². The van der Waals surface area contributed by atoms with Crippen molar-refractivity contribution in [2.24, 2.45) is 11.8 Å². The van der Waals surface area contributed by atoms with Crippen molar-refractivity contribution in [3.05, 3.63) is 29.3 Å². The van der Waals surface area contributed by atoms with Crippen molar-refractivity contribution in [2.75, 3.05) is 6.54 Å². The van der Waals surface area contributed by atoms with Gasteiger partial charge in [-0.25, -0.2) is 0 Å². The number of hydrogen-bond acceptors (Lipinski definition) is 4. The number of rotatable bonds is 4. The minimum atomic E-state index is -0.419. The molecule has 0 spiro atoms. The number of amides is 2. The topological polar surface area (TPSA) is 63.7 Å². The zero-order valence-electron chi connectivity index (χ0n) is 14.2. The van der Waals surface area contributed by atoms with Crippen LogP contribution >= 0.6 is 0 Å². The van der Waals surface area contributed by atoms with Crippen LogP contribution in [0.4, 0.5) is 0 Å². The maximum Gasteiger partial charge on any atom is 0.313 e. The molecule has 1 aromatic carbocycles. The number of carbonyl (C=O) groups is 3. The predicted octanol–water partition coefficient (Wildman–Crippen LogP) is 2.77. The lowest BCUT2D eigenvalue weighted by molar-refractivity contribution is -0.141. The zero-order chi connectivity index (χ0) is 17.3. The van der Waals surface area contributed by atoms with E-state index in [4.69, 9.17) is 4.74 Å². The van der Waals surface area contributed by atoms with Crippen LogP contribution in [-0.4, -0.2) is 29.2 Å². The number of esters is 1. The van der Waals surface area contributed by atoms with Gasteiger partial charge in [0.1, 0.15) is 5.75 Å². The number of nitrogens with zero attached hydrogens (tertiary/aromatic N) is 1. The molecule has 1 heterocycles. The van der Waals surface area contributed by atoms with Gasteiger partial charge in [0.2, 0.25) is 11.8 Å². The lowest BCUT2D eigenvalue weighted by Gasteiger charge is -2.19. The number of carbonyl (C=O) groups excluding carboxylic acids is 3. The average molecular weight is 329 g/mol. The molecule has 1 aliphatic heterocycles. The summed E-state index contributed by atoms with van der Waals surface area (Å²) >= 11 is 0. The molecule has 2 atom stereocenters. The van der Waals surface area contributed by atoms with Crippen molar-refractivity contribution in [1.82, 2.24) is 4.90 Å². The summed E-state index contributed by atoms with van der Waals surface area (Å²) in [7, 11) is 0. The van der Waals surface area contributed by atoms with E-state index >= 15 is 0 Å². The second-order valence-corrected chi connectivity index (χ2v) is 6.82. The summed E-state index contributed by atoms with van der Waals surface area (Å²) in [6.07, 6.45) is 3.62. The van der Waals surface area contributed by atoms with Gasteiger partial charge in [-0.2, -0.15) is 0 Å². The van der Waals surface area contributed by atoms with Crippen molar-refractivity contribution in [3.63, 3.8) is 0 Å². The smallest absolute Gasteiger partial charge is 0.313 e. The minimum absolute atomic E-state index is 0.0320. The fraction of sp³-hybridized carbons (Fsp3) is 0.526. The van der Waals surface area contributed by atoms with Crippen LogP contribution in [0.3, 0.4) is 0 Å². The number of ether oxygens (including phenoxy) is 1. The van der Waals surface area contributed by atoms with Gasteiger partial charge >= 0.3 is 5.97 Å². The number of fused-ring (bicyclic) bond motifs is 1. The maximum absolute atomic E-state index is 12.4. The molecule has 1 aromatic rings. The highest BCUT2D eigenvalue weighted by Crippen LogP contribution is 2.38. The molecule has 2 aliphatic rings. The van der Waals surface area contributed by atoms with Gasteiger partial charge in [-0.3, -0.25) is 19.3 Å². The Morgan fingerprint density at radius 2 is 1.75 bits per heavy atom. The summed E-state index contributed by atoms with van der Waals surface area (Å²) in [5.74, 6) is -0.438. The van der Waals surface area contributed by atoms with Crippen LogP contribution in [0, 0.1) is 25.7 Å². The molecule has 5 nitrogen and oxygen atoms in total. The van der Waals surface area contributed by atoms with Gasteiger partial charge in [0.25, 0.3) is 0 Å². The fourth-order valence-electron chi connectivity index (χ4n) is 3.74. The molecule has 0 bridgehead atoms. The second kappa shape index (κ2) is 6.75. The molecule has 1 saturated carbocycles. The first-order chi connectivity index (χ1) is 11.5. The Labute approximate surface area is 142 Å². The van der Waals surface area contributed by atoms with E-state index in [1.807, 2.05) is 26.0 Å². The number of aryl methyl sites for hydroxylation is 2. The van der Waals surface area contributed by atoms with Crippen LogP contribution in [-0.2, 0) is 14.4 Å². The van der Waals surface area contributed by atoms with E-state index in [2.05, 4.69) is 0 Å². The molecule has 2 amide bonds. The van der Waals surface area contributed by atoms with E-state index in [9.17, 15) is 14.4 Å². The highest BCUT2D eigenvalue weighted by Gasteiger charge is 2.47. The van der Waals surface area contributed by atoms with E-state index in [0.29, 0.717) is 5.75 Å². The SMILES string of the molecule is Cc1ccc(OC(=O)CCN2C(=O)[C@H]3CCCC[C@H]3C2=O)c(C)c1. The molecule has 2 fully saturated rings. The second-order valence-electron chi connectivity index (χ2n) is 6.82. The molecule has 0 unspecified atom stereocenters. The van der Waals surface area contributed by atoms with Crippen LogP contribution in [0.1, 0.15) is 43.2 Å². The number of imide groups is 1. The van der Waals surface area contributed by atoms with Gasteiger partial charge in [-0.1, -0.05) is 30.5 Å². The first-order valence-corrected chi connectivity index (χ1v) is 8.60. The molecule has 1 saturated heterocycles. The Morgan fingerprint density at radius 1 is 1.12 bits per heavy atom. The molecule has 5 heteroatoms. The lowest BCUT2D eigenvalue weighted by Crippen LogP contribution is -2.33. The van der Waals surface area contributed by atoms with Gasteiger partial charge in [0.15, 0.2) is 0 Å². The summed E-state index contributed by atoms with van der Waals surface area (Å²) in [5, 5.41) is 0. The largest absolute Gasteiger partial charge is 0.426 e. The van der Waals surface area contributed by atoms with Crippen LogP contribution in [0.2, 0.25) is 0 Å². The number of hydrogen-bond donors (Lipinski definition) is 0. The monoisotopic (exact) mass is 329 g/mol. The van der Waals surface area contributed by atoms with Gasteiger partial charge in [0.05, 0.1) is 18.3 Å². The standard InChI is InChI=1S/C19H23NO4/c1-12-7-8-16(13(2)11-12)24-17(21)9-10-20-18(22)14-5-3-4-6-15(14)19(20)23/h7-8,11,14-15H,3-6,9-10H2,1-2H3/t14-,15+. The molecule has 3 rings (SSSR count). The highest BCUT2D eigenvalue weighted by atomic mass is 16.5. The van der Waals surface area contributed by atoms with Gasteiger partial charge in [-0.15, -0.1) is 0 Å². The third-order valence-electron chi connectivity index (χ3n) is 5.03. The van der Waals surface area contributed by atoms with Crippen molar-refractivity contribution < 1.29 is 19.1 Å². The lowest BCUT2D eigenvalue weighted by atomic mass is 9.81. The van der Waals surface area contributed by atoms with Crippen molar-refractivity contribution in [2.45, 2.75) is 46.0 Å². The third-order valence-corrected chi connectivity index (χ3v) is 5.03. The normalized spacial score (nSPS) is 23.3. The summed E-state index contributed by atoms with van der Waals surface area (Å²) in [6, 6.07) is 5.60. The fourth-order valence-corrected chi connectivity index (χ4v) is 3.74. The number of likely N-dealkylation sites (tertiary alicyclic amines) is 1. The van der Waals surface area contributed by atoms with Crippen molar-refractivity contribution >= 4 is 17.8 Å². The van der Waals surface area contributed by atoms with E-state index in [1.165, 1.54) is 4.90 Å². The Morgan fingerprint density at radius 3 is 2.33 bits per heavy atom. The zero-order valence-corrected chi connectivity index (χ0v) is 14.2. The molecule has 0 aromatic heterocycles. The van der Waals surface area contributed by atoms with Gasteiger partial charge < -0.3 is 4.74 Å². The Hall–Kier alpha value is -2.17. The van der Waals surface area contributed by atoms with E-state index in [1.54, 1.807) is 6.07 Å². The van der Waals surface area contributed by atoms with Gasteiger partial charge in [0, 0.05) is 6.54 Å². The van der Waals surface area contributed by atoms with Crippen LogP contribution in [0.15, 0.2) is 18.2 Å². The molecule has 1 aliphatic carbocycles. The quantitative estimate of drug-likeness (QED) is 0.484. The van der Waals surface area contributed by atoms with Crippen molar-refractivity contribution in [3.8, 4) is 5.75 Å². The summed E-state index contributed by atoms with van der Waals surface area (Å²) in [5.41, 5.74) is 1.99. The first-order valence-electron chi connectivity index (χ1n) is 8.60. The highest BCUT2D eigenvalue weighted by molar-refractivity contribution is 6.05. The third kappa shape index (κ3) is 3.21. The Balaban J connectivity index is 1.58. The maximum atomic E-state index is 12.4. The molecular weight excluding hydrogens is 306 g/mol. The Kier molecular flexibility index (Phi) is 4.69. The molecule has 24 heavy (non-hydrogen) atoms.